The molecule has 19 heavy (non-hydrogen) atoms. The van der Waals surface area contributed by atoms with Gasteiger partial charge in [-0.05, 0) is 37.3 Å². The summed E-state index contributed by atoms with van der Waals surface area (Å²) in [4.78, 5) is 18.1. The third-order valence-corrected chi connectivity index (χ3v) is 4.02. The van der Waals surface area contributed by atoms with Crippen LogP contribution in [0, 0.1) is 11.3 Å². The highest BCUT2D eigenvalue weighted by atomic mass is 16.1. The van der Waals surface area contributed by atoms with Gasteiger partial charge in [0.1, 0.15) is 17.7 Å². The number of Topliss-reactive ketones (excluding diaryl/α,β-unsaturated/α-hetero) is 1. The van der Waals surface area contributed by atoms with Crippen LogP contribution in [0.2, 0.25) is 0 Å². The number of carbonyl (C=O) groups is 1. The first-order valence-electron chi connectivity index (χ1n) is 6.97. The molecule has 0 radical (unpaired) electrons. The van der Waals surface area contributed by atoms with E-state index in [0.717, 1.165) is 24.4 Å². The second-order valence-electron chi connectivity index (χ2n) is 5.31. The molecule has 0 unspecified atom stereocenters. The molecule has 0 atom stereocenters. The van der Waals surface area contributed by atoms with Crippen molar-refractivity contribution < 1.29 is 4.79 Å². The highest BCUT2D eigenvalue weighted by Crippen LogP contribution is 2.27. The third kappa shape index (κ3) is 2.33. The Balaban J connectivity index is 1.96. The summed E-state index contributed by atoms with van der Waals surface area (Å²) in [5.41, 5.74) is 3.05. The monoisotopic (exact) mass is 255 g/mol. The second kappa shape index (κ2) is 5.00. The third-order valence-electron chi connectivity index (χ3n) is 4.02. The van der Waals surface area contributed by atoms with Gasteiger partial charge in [0, 0.05) is 31.6 Å². The number of rotatable bonds is 1. The van der Waals surface area contributed by atoms with E-state index in [-0.39, 0.29) is 0 Å². The van der Waals surface area contributed by atoms with Gasteiger partial charge in [-0.25, -0.2) is 4.98 Å². The highest BCUT2D eigenvalue weighted by Gasteiger charge is 2.22. The smallest absolute Gasteiger partial charge is 0.146 e. The summed E-state index contributed by atoms with van der Waals surface area (Å²) in [6.07, 6.45) is 5.57. The van der Waals surface area contributed by atoms with E-state index in [2.05, 4.69) is 11.0 Å². The van der Waals surface area contributed by atoms with Crippen LogP contribution in [0.5, 0.6) is 0 Å². The van der Waals surface area contributed by atoms with Crippen molar-refractivity contribution in [3.63, 3.8) is 0 Å². The summed E-state index contributed by atoms with van der Waals surface area (Å²) in [5, 5.41) is 9.32. The second-order valence-corrected chi connectivity index (χ2v) is 5.31. The molecule has 98 valence electrons. The van der Waals surface area contributed by atoms with E-state index in [1.807, 2.05) is 6.07 Å². The molecule has 3 rings (SSSR count). The fourth-order valence-electron chi connectivity index (χ4n) is 2.91. The van der Waals surface area contributed by atoms with E-state index in [9.17, 15) is 10.1 Å². The first-order valence-corrected chi connectivity index (χ1v) is 6.97. The minimum absolute atomic E-state index is 0.313. The Labute approximate surface area is 113 Å². The summed E-state index contributed by atoms with van der Waals surface area (Å²) in [6.45, 7) is 1.39. The number of anilines is 1. The molecule has 1 aliphatic carbocycles. The Bertz CT molecular complexity index is 549. The van der Waals surface area contributed by atoms with Crippen LogP contribution in [0.3, 0.4) is 0 Å². The molecule has 1 aromatic heterocycles. The molecule has 1 fully saturated rings. The van der Waals surface area contributed by atoms with Crippen molar-refractivity contribution in [1.82, 2.24) is 4.98 Å². The predicted molar refractivity (Wildman–Crippen MR) is 72.0 cm³/mol. The molecule has 0 amide bonds. The van der Waals surface area contributed by atoms with E-state index in [4.69, 9.17) is 4.98 Å². The minimum Gasteiger partial charge on any atom is -0.355 e. The zero-order valence-electron chi connectivity index (χ0n) is 11.0. The van der Waals surface area contributed by atoms with E-state index in [1.165, 1.54) is 18.4 Å². The van der Waals surface area contributed by atoms with Gasteiger partial charge in [-0.15, -0.1) is 0 Å². The van der Waals surface area contributed by atoms with Crippen molar-refractivity contribution in [2.24, 2.45) is 0 Å². The van der Waals surface area contributed by atoms with Crippen molar-refractivity contribution in [3.05, 3.63) is 22.9 Å². The summed E-state index contributed by atoms with van der Waals surface area (Å²) < 4.78 is 0. The summed E-state index contributed by atoms with van der Waals surface area (Å²) in [6, 6.07) is 4.27. The molecule has 0 bridgehead atoms. The molecular formula is C15H17N3O. The molecule has 2 heterocycles. The lowest BCUT2D eigenvalue weighted by molar-refractivity contribution is -0.119. The number of hydrogen-bond acceptors (Lipinski definition) is 4. The van der Waals surface area contributed by atoms with Gasteiger partial charge in [-0.2, -0.15) is 5.26 Å². The normalized spacial score (nSPS) is 18.9. The van der Waals surface area contributed by atoms with E-state index < -0.39 is 0 Å². The Kier molecular flexibility index (Phi) is 3.20. The number of carbonyl (C=O) groups excluding carboxylic acids is 1. The number of pyridine rings is 1. The van der Waals surface area contributed by atoms with Crippen molar-refractivity contribution in [2.45, 2.75) is 38.5 Å². The van der Waals surface area contributed by atoms with Crippen LogP contribution in [-0.2, 0) is 17.6 Å². The van der Waals surface area contributed by atoms with Crippen LogP contribution in [-0.4, -0.2) is 23.9 Å². The predicted octanol–water partition coefficient (Wildman–Crippen LogP) is 2.00. The number of ketones is 1. The van der Waals surface area contributed by atoms with Crippen LogP contribution >= 0.6 is 0 Å². The lowest BCUT2D eigenvalue weighted by Crippen LogP contribution is -2.35. The maximum absolute atomic E-state index is 11.3. The van der Waals surface area contributed by atoms with Gasteiger partial charge >= 0.3 is 0 Å². The summed E-state index contributed by atoms with van der Waals surface area (Å²) in [7, 11) is 0. The van der Waals surface area contributed by atoms with Crippen LogP contribution in [0.25, 0.3) is 0 Å². The quantitative estimate of drug-likeness (QED) is 0.770. The molecule has 1 saturated heterocycles. The van der Waals surface area contributed by atoms with E-state index >= 15 is 0 Å². The average molecular weight is 255 g/mol. The first-order chi connectivity index (χ1) is 9.28. The molecule has 0 N–H and O–H groups in total. The van der Waals surface area contributed by atoms with Gasteiger partial charge < -0.3 is 4.90 Å². The number of fused-ring (bicyclic) bond motifs is 1. The SMILES string of the molecule is N#Cc1cc2c(nc1N1CCC(=O)CC1)CCCC2. The van der Waals surface area contributed by atoms with E-state index in [0.29, 0.717) is 37.3 Å². The maximum Gasteiger partial charge on any atom is 0.146 e. The van der Waals surface area contributed by atoms with E-state index in [1.54, 1.807) is 0 Å². The number of hydrogen-bond donors (Lipinski definition) is 0. The fraction of sp³-hybridized carbons (Fsp3) is 0.533. The van der Waals surface area contributed by atoms with Gasteiger partial charge in [0.2, 0.25) is 0 Å². The van der Waals surface area contributed by atoms with Crippen molar-refractivity contribution in [3.8, 4) is 6.07 Å². The van der Waals surface area contributed by atoms with Gasteiger partial charge in [-0.3, -0.25) is 4.79 Å². The van der Waals surface area contributed by atoms with Crippen molar-refractivity contribution >= 4 is 11.6 Å². The van der Waals surface area contributed by atoms with Crippen LogP contribution < -0.4 is 4.90 Å². The van der Waals surface area contributed by atoms with Gasteiger partial charge in [-0.1, -0.05) is 0 Å². The summed E-state index contributed by atoms with van der Waals surface area (Å²) in [5.74, 6) is 1.10. The molecule has 1 aliphatic heterocycles. The molecule has 0 saturated carbocycles. The Morgan fingerprint density at radius 3 is 2.63 bits per heavy atom. The molecule has 0 spiro atoms. The summed E-state index contributed by atoms with van der Waals surface area (Å²) >= 11 is 0. The fourth-order valence-corrected chi connectivity index (χ4v) is 2.91. The number of nitriles is 1. The number of aryl methyl sites for hydroxylation is 2. The van der Waals surface area contributed by atoms with Crippen molar-refractivity contribution in [2.75, 3.05) is 18.0 Å². The van der Waals surface area contributed by atoms with Gasteiger partial charge in [0.15, 0.2) is 0 Å². The Hall–Kier alpha value is -1.89. The van der Waals surface area contributed by atoms with Crippen molar-refractivity contribution in [1.29, 1.82) is 5.26 Å². The highest BCUT2D eigenvalue weighted by molar-refractivity contribution is 5.81. The molecule has 0 aromatic carbocycles. The zero-order valence-corrected chi connectivity index (χ0v) is 11.0. The Morgan fingerprint density at radius 1 is 1.16 bits per heavy atom. The molecule has 4 heteroatoms. The zero-order chi connectivity index (χ0) is 13.2. The lowest BCUT2D eigenvalue weighted by atomic mass is 9.94. The van der Waals surface area contributed by atoms with Crippen LogP contribution in [0.1, 0.15) is 42.5 Å². The molecule has 4 nitrogen and oxygen atoms in total. The standard InChI is InChI=1S/C15H17N3O/c16-10-12-9-11-3-1-2-4-14(11)17-15(12)18-7-5-13(19)6-8-18/h9H,1-8H2. The molecular weight excluding hydrogens is 238 g/mol. The molecule has 2 aliphatic rings. The number of piperidine rings is 1. The maximum atomic E-state index is 11.3. The first kappa shape index (κ1) is 12.2. The number of nitrogens with zero attached hydrogens (tertiary/aromatic N) is 3. The molecule has 1 aromatic rings. The number of aromatic nitrogens is 1. The lowest BCUT2D eigenvalue weighted by Gasteiger charge is -2.29. The average Bonchev–Trinajstić information content (AvgIpc) is 2.46. The van der Waals surface area contributed by atoms with Crippen LogP contribution in [0.15, 0.2) is 6.07 Å². The largest absolute Gasteiger partial charge is 0.355 e. The van der Waals surface area contributed by atoms with Crippen LogP contribution in [0.4, 0.5) is 5.82 Å². The Morgan fingerprint density at radius 2 is 1.89 bits per heavy atom. The topological polar surface area (TPSA) is 57.0 Å². The minimum atomic E-state index is 0.313. The van der Waals surface area contributed by atoms with Gasteiger partial charge in [0.05, 0.1) is 5.56 Å². The van der Waals surface area contributed by atoms with Gasteiger partial charge in [0.25, 0.3) is 0 Å².